The van der Waals surface area contributed by atoms with Gasteiger partial charge in [0.25, 0.3) is 0 Å². The lowest BCUT2D eigenvalue weighted by Gasteiger charge is -2.10. The van der Waals surface area contributed by atoms with E-state index in [-0.39, 0.29) is 22.9 Å². The second kappa shape index (κ2) is 6.21. The van der Waals surface area contributed by atoms with Crippen LogP contribution in [-0.4, -0.2) is 0 Å². The lowest BCUT2D eigenvalue weighted by Crippen LogP contribution is -2.00. The largest absolute Gasteiger partial charge is 0.488 e. The van der Waals surface area contributed by atoms with Gasteiger partial charge in [-0.05, 0) is 40.2 Å². The Labute approximate surface area is 127 Å². The highest BCUT2D eigenvalue weighted by atomic mass is 79.9. The molecule has 0 amide bonds. The zero-order valence-electron chi connectivity index (χ0n) is 9.96. The van der Waals surface area contributed by atoms with Gasteiger partial charge in [0.1, 0.15) is 24.0 Å². The molecule has 0 radical (unpaired) electrons. The van der Waals surface area contributed by atoms with Gasteiger partial charge in [-0.2, -0.15) is 5.26 Å². The van der Waals surface area contributed by atoms with Gasteiger partial charge in [0.05, 0.1) is 21.1 Å². The summed E-state index contributed by atoms with van der Waals surface area (Å²) in [4.78, 5) is 0. The first kappa shape index (κ1) is 14.8. The van der Waals surface area contributed by atoms with E-state index in [1.807, 2.05) is 6.07 Å². The molecule has 20 heavy (non-hydrogen) atoms. The maximum Gasteiger partial charge on any atom is 0.145 e. The average molecular weight is 359 g/mol. The fourth-order valence-electron chi connectivity index (χ4n) is 1.53. The smallest absolute Gasteiger partial charge is 0.145 e. The van der Waals surface area contributed by atoms with Crippen LogP contribution < -0.4 is 4.74 Å². The number of rotatable bonds is 3. The van der Waals surface area contributed by atoms with Crippen LogP contribution in [0.5, 0.6) is 5.75 Å². The average Bonchev–Trinajstić information content (AvgIpc) is 2.43. The zero-order valence-corrected chi connectivity index (χ0v) is 12.3. The van der Waals surface area contributed by atoms with E-state index < -0.39 is 11.6 Å². The minimum atomic E-state index is -0.629. The van der Waals surface area contributed by atoms with E-state index in [1.54, 1.807) is 0 Å². The molecule has 2 aromatic carbocycles. The van der Waals surface area contributed by atoms with Crippen molar-refractivity contribution in [3.63, 3.8) is 0 Å². The highest BCUT2D eigenvalue weighted by molar-refractivity contribution is 9.10. The van der Waals surface area contributed by atoms with Gasteiger partial charge in [0.2, 0.25) is 0 Å². The Hall–Kier alpha value is -1.64. The number of halogens is 4. The molecule has 0 saturated carbocycles. The second-order valence-electron chi connectivity index (χ2n) is 3.90. The van der Waals surface area contributed by atoms with E-state index in [0.717, 1.165) is 6.07 Å². The Kier molecular flexibility index (Phi) is 4.58. The van der Waals surface area contributed by atoms with Crippen molar-refractivity contribution in [1.82, 2.24) is 0 Å². The molecule has 2 aromatic rings. The first-order valence-electron chi connectivity index (χ1n) is 5.47. The molecule has 0 aromatic heterocycles. The Bertz CT molecular complexity index is 700. The molecule has 0 aliphatic rings. The minimum Gasteiger partial charge on any atom is -0.488 e. The molecule has 0 bridgehead atoms. The first-order chi connectivity index (χ1) is 9.51. The van der Waals surface area contributed by atoms with Gasteiger partial charge in [0, 0.05) is 11.6 Å². The van der Waals surface area contributed by atoms with E-state index in [9.17, 15) is 8.78 Å². The quantitative estimate of drug-likeness (QED) is 0.736. The standard InChI is InChI=1S/C14H7BrClF2NO/c15-10-4-11(16)13(18)5-14(10)20-7-9-3-8(6-19)1-2-12(9)17/h1-5H,7H2. The molecule has 0 saturated heterocycles. The third-order valence-electron chi connectivity index (χ3n) is 2.53. The SMILES string of the molecule is N#Cc1ccc(F)c(COc2cc(F)c(Cl)cc2Br)c1. The van der Waals surface area contributed by atoms with Crippen molar-refractivity contribution >= 4 is 27.5 Å². The summed E-state index contributed by atoms with van der Waals surface area (Å²) < 4.78 is 32.7. The van der Waals surface area contributed by atoms with Crippen molar-refractivity contribution in [2.45, 2.75) is 6.61 Å². The molecule has 0 aliphatic heterocycles. The van der Waals surface area contributed by atoms with E-state index in [0.29, 0.717) is 10.0 Å². The Morgan fingerprint density at radius 3 is 2.65 bits per heavy atom. The Balaban J connectivity index is 2.21. The molecule has 0 N–H and O–H groups in total. The number of hydrogen-bond donors (Lipinski definition) is 0. The molecule has 6 heteroatoms. The van der Waals surface area contributed by atoms with Crippen molar-refractivity contribution in [1.29, 1.82) is 5.26 Å². The van der Waals surface area contributed by atoms with Gasteiger partial charge >= 0.3 is 0 Å². The number of hydrogen-bond acceptors (Lipinski definition) is 2. The van der Waals surface area contributed by atoms with E-state index in [1.165, 1.54) is 24.3 Å². The molecule has 0 unspecified atom stereocenters. The van der Waals surface area contributed by atoms with Crippen LogP contribution in [0.1, 0.15) is 11.1 Å². The van der Waals surface area contributed by atoms with Crippen LogP contribution in [0.15, 0.2) is 34.8 Å². The van der Waals surface area contributed by atoms with Gasteiger partial charge in [0.15, 0.2) is 0 Å². The molecular formula is C14H7BrClF2NO. The Morgan fingerprint density at radius 1 is 1.20 bits per heavy atom. The van der Waals surface area contributed by atoms with Crippen LogP contribution in [0.4, 0.5) is 8.78 Å². The molecular weight excluding hydrogens is 352 g/mol. The van der Waals surface area contributed by atoms with Gasteiger partial charge in [-0.15, -0.1) is 0 Å². The summed E-state index contributed by atoms with van der Waals surface area (Å²) in [7, 11) is 0. The topological polar surface area (TPSA) is 33.0 Å². The monoisotopic (exact) mass is 357 g/mol. The summed E-state index contributed by atoms with van der Waals surface area (Å²) in [5.74, 6) is -0.917. The maximum atomic E-state index is 13.6. The summed E-state index contributed by atoms with van der Waals surface area (Å²) in [5.41, 5.74) is 0.540. The van der Waals surface area contributed by atoms with E-state index >= 15 is 0 Å². The van der Waals surface area contributed by atoms with Crippen molar-refractivity contribution in [3.05, 3.63) is 62.6 Å². The van der Waals surface area contributed by atoms with E-state index in [2.05, 4.69) is 15.9 Å². The Morgan fingerprint density at radius 2 is 1.95 bits per heavy atom. The molecule has 0 fully saturated rings. The van der Waals surface area contributed by atoms with Crippen LogP contribution in [-0.2, 0) is 6.61 Å². The summed E-state index contributed by atoms with van der Waals surface area (Å²) >= 11 is 8.79. The van der Waals surface area contributed by atoms with Crippen LogP contribution in [0.2, 0.25) is 5.02 Å². The molecule has 0 spiro atoms. The highest BCUT2D eigenvalue weighted by Gasteiger charge is 2.10. The number of nitriles is 1. The predicted molar refractivity (Wildman–Crippen MR) is 74.6 cm³/mol. The zero-order chi connectivity index (χ0) is 14.7. The maximum absolute atomic E-state index is 13.6. The van der Waals surface area contributed by atoms with Gasteiger partial charge in [-0.1, -0.05) is 11.6 Å². The van der Waals surface area contributed by atoms with Crippen molar-refractivity contribution in [2.24, 2.45) is 0 Å². The lowest BCUT2D eigenvalue weighted by atomic mass is 10.1. The molecule has 0 aliphatic carbocycles. The summed E-state index contributed by atoms with van der Waals surface area (Å²) in [6.45, 7) is -0.124. The first-order valence-corrected chi connectivity index (χ1v) is 6.64. The van der Waals surface area contributed by atoms with Crippen LogP contribution in [0.25, 0.3) is 0 Å². The second-order valence-corrected chi connectivity index (χ2v) is 5.16. The van der Waals surface area contributed by atoms with Gasteiger partial charge < -0.3 is 4.74 Å². The fourth-order valence-corrected chi connectivity index (χ4v) is 2.28. The number of benzene rings is 2. The third kappa shape index (κ3) is 3.27. The van der Waals surface area contributed by atoms with Crippen LogP contribution in [0, 0.1) is 23.0 Å². The lowest BCUT2D eigenvalue weighted by molar-refractivity contribution is 0.296. The van der Waals surface area contributed by atoms with Crippen molar-refractivity contribution < 1.29 is 13.5 Å². The summed E-state index contributed by atoms with van der Waals surface area (Å²) in [5, 5.41) is 8.72. The van der Waals surface area contributed by atoms with Gasteiger partial charge in [-0.3, -0.25) is 0 Å². The van der Waals surface area contributed by atoms with E-state index in [4.69, 9.17) is 21.6 Å². The number of ether oxygens (including phenoxy) is 1. The molecule has 2 rings (SSSR count). The normalized spacial score (nSPS) is 10.2. The highest BCUT2D eigenvalue weighted by Crippen LogP contribution is 2.31. The summed E-state index contributed by atoms with van der Waals surface area (Å²) in [6, 6.07) is 8.32. The van der Waals surface area contributed by atoms with Crippen LogP contribution in [0.3, 0.4) is 0 Å². The van der Waals surface area contributed by atoms with Crippen molar-refractivity contribution in [2.75, 3.05) is 0 Å². The molecule has 0 atom stereocenters. The number of nitrogens with zero attached hydrogens (tertiary/aromatic N) is 1. The summed E-state index contributed by atoms with van der Waals surface area (Å²) in [6.07, 6.45) is 0. The van der Waals surface area contributed by atoms with Gasteiger partial charge in [-0.25, -0.2) is 8.78 Å². The van der Waals surface area contributed by atoms with Crippen molar-refractivity contribution in [3.8, 4) is 11.8 Å². The van der Waals surface area contributed by atoms with Crippen LogP contribution >= 0.6 is 27.5 Å². The molecule has 0 heterocycles. The molecule has 102 valence electrons. The molecule has 2 nitrogen and oxygen atoms in total. The fraction of sp³-hybridized carbons (Fsp3) is 0.0714. The predicted octanol–water partition coefficient (Wildman–Crippen LogP) is 4.83. The minimum absolute atomic E-state index is 0.0399. The third-order valence-corrected chi connectivity index (χ3v) is 3.44.